The SMILES string of the molecule is CC1CCN(S(=O)(=O)N2CC3CCCC(N)C3C2)CC1. The highest BCUT2D eigenvalue weighted by atomic mass is 32.2. The van der Waals surface area contributed by atoms with Crippen LogP contribution in [0.4, 0.5) is 0 Å². The molecule has 0 spiro atoms. The number of nitrogens with two attached hydrogens (primary N) is 1. The van der Waals surface area contributed by atoms with Crippen LogP contribution >= 0.6 is 0 Å². The lowest BCUT2D eigenvalue weighted by Gasteiger charge is -2.32. The van der Waals surface area contributed by atoms with Gasteiger partial charge in [-0.1, -0.05) is 13.3 Å². The Morgan fingerprint density at radius 2 is 1.70 bits per heavy atom. The zero-order chi connectivity index (χ0) is 14.3. The first-order valence-corrected chi connectivity index (χ1v) is 9.39. The van der Waals surface area contributed by atoms with Gasteiger partial charge >= 0.3 is 0 Å². The van der Waals surface area contributed by atoms with Gasteiger partial charge in [0.25, 0.3) is 10.2 Å². The Kier molecular flexibility index (Phi) is 4.10. The van der Waals surface area contributed by atoms with Crippen LogP contribution in [0.25, 0.3) is 0 Å². The van der Waals surface area contributed by atoms with Gasteiger partial charge in [-0.05, 0) is 43.4 Å². The number of hydrogen-bond acceptors (Lipinski definition) is 3. The van der Waals surface area contributed by atoms with Crippen LogP contribution in [0, 0.1) is 17.8 Å². The minimum atomic E-state index is -3.26. The van der Waals surface area contributed by atoms with Gasteiger partial charge in [0, 0.05) is 32.2 Å². The van der Waals surface area contributed by atoms with E-state index in [1.807, 2.05) is 0 Å². The van der Waals surface area contributed by atoms with Crippen molar-refractivity contribution in [3.05, 3.63) is 0 Å². The summed E-state index contributed by atoms with van der Waals surface area (Å²) in [5.41, 5.74) is 6.19. The third-order valence-corrected chi connectivity index (χ3v) is 7.48. The Bertz CT molecular complexity index is 445. The molecule has 2 saturated heterocycles. The molecule has 0 aromatic carbocycles. The first-order valence-electron chi connectivity index (χ1n) is 7.99. The van der Waals surface area contributed by atoms with Gasteiger partial charge in [0.1, 0.15) is 0 Å². The molecule has 3 rings (SSSR count). The fourth-order valence-corrected chi connectivity index (χ4v) is 5.78. The van der Waals surface area contributed by atoms with Crippen molar-refractivity contribution in [3.8, 4) is 0 Å². The number of piperidine rings is 1. The van der Waals surface area contributed by atoms with E-state index in [-0.39, 0.29) is 6.04 Å². The van der Waals surface area contributed by atoms with E-state index in [0.29, 0.717) is 43.9 Å². The summed E-state index contributed by atoms with van der Waals surface area (Å²) in [4.78, 5) is 0. The monoisotopic (exact) mass is 301 g/mol. The molecule has 116 valence electrons. The largest absolute Gasteiger partial charge is 0.327 e. The highest BCUT2D eigenvalue weighted by Crippen LogP contribution is 2.37. The van der Waals surface area contributed by atoms with Gasteiger partial charge in [-0.2, -0.15) is 17.0 Å². The number of fused-ring (bicyclic) bond motifs is 1. The maximum Gasteiger partial charge on any atom is 0.281 e. The Labute approximate surface area is 122 Å². The zero-order valence-corrected chi connectivity index (χ0v) is 13.2. The first-order chi connectivity index (χ1) is 9.48. The first kappa shape index (κ1) is 14.8. The van der Waals surface area contributed by atoms with E-state index in [0.717, 1.165) is 32.1 Å². The number of nitrogens with zero attached hydrogens (tertiary/aromatic N) is 2. The molecule has 0 aromatic heterocycles. The molecule has 2 aliphatic heterocycles. The lowest BCUT2D eigenvalue weighted by molar-refractivity contribution is 0.259. The van der Waals surface area contributed by atoms with Crippen LogP contribution in [-0.4, -0.2) is 49.2 Å². The highest BCUT2D eigenvalue weighted by molar-refractivity contribution is 7.86. The third kappa shape index (κ3) is 2.63. The molecule has 2 heterocycles. The van der Waals surface area contributed by atoms with Crippen molar-refractivity contribution in [2.45, 2.75) is 45.1 Å². The lowest BCUT2D eigenvalue weighted by atomic mass is 9.78. The van der Waals surface area contributed by atoms with Crippen molar-refractivity contribution in [2.75, 3.05) is 26.2 Å². The fourth-order valence-electron chi connectivity index (χ4n) is 4.04. The molecule has 3 aliphatic rings. The third-order valence-electron chi connectivity index (χ3n) is 5.52. The van der Waals surface area contributed by atoms with Gasteiger partial charge in [-0.3, -0.25) is 0 Å². The maximum atomic E-state index is 12.8. The Balaban J connectivity index is 1.69. The molecule has 3 fully saturated rings. The molecular formula is C14H27N3O2S. The Morgan fingerprint density at radius 1 is 1.00 bits per heavy atom. The molecule has 0 aromatic rings. The topological polar surface area (TPSA) is 66.6 Å². The van der Waals surface area contributed by atoms with E-state index in [1.165, 1.54) is 0 Å². The zero-order valence-electron chi connectivity index (χ0n) is 12.4. The van der Waals surface area contributed by atoms with Gasteiger partial charge in [0.15, 0.2) is 0 Å². The highest BCUT2D eigenvalue weighted by Gasteiger charge is 2.44. The average molecular weight is 301 g/mol. The van der Waals surface area contributed by atoms with Crippen molar-refractivity contribution in [1.29, 1.82) is 0 Å². The van der Waals surface area contributed by atoms with Crippen LogP contribution in [-0.2, 0) is 10.2 Å². The molecule has 20 heavy (non-hydrogen) atoms. The van der Waals surface area contributed by atoms with Gasteiger partial charge in [0.2, 0.25) is 0 Å². The van der Waals surface area contributed by atoms with Gasteiger partial charge in [-0.25, -0.2) is 0 Å². The average Bonchev–Trinajstić information content (AvgIpc) is 2.85. The Morgan fingerprint density at radius 3 is 2.35 bits per heavy atom. The summed E-state index contributed by atoms with van der Waals surface area (Å²) in [6.07, 6.45) is 5.31. The molecule has 3 unspecified atom stereocenters. The van der Waals surface area contributed by atoms with Crippen LogP contribution in [0.1, 0.15) is 39.0 Å². The minimum absolute atomic E-state index is 0.190. The second kappa shape index (κ2) is 5.55. The summed E-state index contributed by atoms with van der Waals surface area (Å²) in [6.45, 7) is 4.89. The molecular weight excluding hydrogens is 274 g/mol. The van der Waals surface area contributed by atoms with E-state index in [4.69, 9.17) is 5.73 Å². The lowest BCUT2D eigenvalue weighted by Crippen LogP contribution is -2.46. The van der Waals surface area contributed by atoms with E-state index < -0.39 is 10.2 Å². The quantitative estimate of drug-likeness (QED) is 0.828. The van der Waals surface area contributed by atoms with Crippen LogP contribution < -0.4 is 5.73 Å². The summed E-state index contributed by atoms with van der Waals surface area (Å²) < 4.78 is 28.9. The maximum absolute atomic E-state index is 12.8. The van der Waals surface area contributed by atoms with E-state index in [2.05, 4.69) is 6.92 Å². The normalized spacial score (nSPS) is 38.0. The van der Waals surface area contributed by atoms with Crippen molar-refractivity contribution in [2.24, 2.45) is 23.5 Å². The van der Waals surface area contributed by atoms with Crippen molar-refractivity contribution >= 4 is 10.2 Å². The van der Waals surface area contributed by atoms with Gasteiger partial charge in [-0.15, -0.1) is 0 Å². The molecule has 0 radical (unpaired) electrons. The molecule has 1 aliphatic carbocycles. The Hall–Kier alpha value is -0.170. The summed E-state index contributed by atoms with van der Waals surface area (Å²) in [6, 6.07) is 0.190. The van der Waals surface area contributed by atoms with Crippen LogP contribution in [0.2, 0.25) is 0 Å². The second-order valence-electron chi connectivity index (χ2n) is 6.93. The summed E-state index contributed by atoms with van der Waals surface area (Å²) in [5.74, 6) is 1.51. The molecule has 1 saturated carbocycles. The standard InChI is InChI=1S/C14H27N3O2S/c1-11-5-7-16(8-6-11)20(18,19)17-9-12-3-2-4-14(15)13(12)10-17/h11-14H,2-10,15H2,1H3. The molecule has 3 atom stereocenters. The fraction of sp³-hybridized carbons (Fsp3) is 1.00. The van der Waals surface area contributed by atoms with E-state index in [1.54, 1.807) is 8.61 Å². The second-order valence-corrected chi connectivity index (χ2v) is 8.85. The predicted octanol–water partition coefficient (Wildman–Crippen LogP) is 1.02. The van der Waals surface area contributed by atoms with Gasteiger partial charge in [0.05, 0.1) is 0 Å². The van der Waals surface area contributed by atoms with Crippen molar-refractivity contribution in [1.82, 2.24) is 8.61 Å². The van der Waals surface area contributed by atoms with Crippen molar-refractivity contribution in [3.63, 3.8) is 0 Å². The molecule has 5 nitrogen and oxygen atoms in total. The summed E-state index contributed by atoms with van der Waals surface area (Å²) in [5, 5.41) is 0. The van der Waals surface area contributed by atoms with Crippen LogP contribution in [0.3, 0.4) is 0 Å². The minimum Gasteiger partial charge on any atom is -0.327 e. The van der Waals surface area contributed by atoms with Crippen molar-refractivity contribution < 1.29 is 8.42 Å². The number of hydrogen-bond donors (Lipinski definition) is 1. The molecule has 6 heteroatoms. The van der Waals surface area contributed by atoms with E-state index in [9.17, 15) is 8.42 Å². The predicted molar refractivity (Wildman–Crippen MR) is 79.3 cm³/mol. The van der Waals surface area contributed by atoms with Crippen LogP contribution in [0.5, 0.6) is 0 Å². The summed E-state index contributed by atoms with van der Waals surface area (Å²) >= 11 is 0. The molecule has 0 amide bonds. The number of rotatable bonds is 2. The molecule has 0 bridgehead atoms. The summed E-state index contributed by atoms with van der Waals surface area (Å²) in [7, 11) is -3.26. The van der Waals surface area contributed by atoms with Gasteiger partial charge < -0.3 is 5.73 Å². The smallest absolute Gasteiger partial charge is 0.281 e. The van der Waals surface area contributed by atoms with E-state index >= 15 is 0 Å². The molecule has 2 N–H and O–H groups in total. The van der Waals surface area contributed by atoms with Crippen LogP contribution in [0.15, 0.2) is 0 Å².